The molecular weight excluding hydrogens is 273 g/mol. The third-order valence-corrected chi connectivity index (χ3v) is 3.20. The Hall–Kier alpha value is -2.21. The number of nitrogens with zero attached hydrogens (tertiary/aromatic N) is 2. The molecule has 0 saturated heterocycles. The van der Waals surface area contributed by atoms with Crippen LogP contribution in [0.4, 0.5) is 4.39 Å². The van der Waals surface area contributed by atoms with Gasteiger partial charge in [0, 0.05) is 31.9 Å². The molecule has 2 aromatic rings. The lowest BCUT2D eigenvalue weighted by Gasteiger charge is -2.06. The quantitative estimate of drug-likeness (QED) is 0.855. The summed E-state index contributed by atoms with van der Waals surface area (Å²) in [4.78, 5) is 11.3. The van der Waals surface area contributed by atoms with Crippen LogP contribution in [0.2, 0.25) is 0 Å². The molecule has 0 bridgehead atoms. The van der Waals surface area contributed by atoms with Crippen molar-refractivity contribution in [1.82, 2.24) is 15.1 Å². The number of aryl methyl sites for hydroxylation is 2. The smallest absolute Gasteiger partial charge is 0.340 e. The Labute approximate surface area is 122 Å². The van der Waals surface area contributed by atoms with E-state index in [0.29, 0.717) is 13.1 Å². The zero-order valence-corrected chi connectivity index (χ0v) is 12.3. The number of esters is 1. The lowest BCUT2D eigenvalue weighted by molar-refractivity contribution is 0.0595. The van der Waals surface area contributed by atoms with E-state index in [-0.39, 0.29) is 5.56 Å². The van der Waals surface area contributed by atoms with Crippen molar-refractivity contribution in [3.05, 3.63) is 52.6 Å². The molecule has 0 amide bonds. The molecule has 0 unspecified atom stereocenters. The molecule has 0 radical (unpaired) electrons. The Bertz CT molecular complexity index is 652. The van der Waals surface area contributed by atoms with Crippen molar-refractivity contribution in [2.45, 2.75) is 20.0 Å². The van der Waals surface area contributed by atoms with Gasteiger partial charge in [-0.3, -0.25) is 4.68 Å². The predicted octanol–water partition coefficient (Wildman–Crippen LogP) is 1.94. The summed E-state index contributed by atoms with van der Waals surface area (Å²) in [6.07, 6.45) is 1.95. The topological polar surface area (TPSA) is 56.1 Å². The largest absolute Gasteiger partial charge is 0.465 e. The number of benzene rings is 1. The average Bonchev–Trinajstić information content (AvgIpc) is 2.76. The first kappa shape index (κ1) is 15.2. The zero-order chi connectivity index (χ0) is 15.4. The fourth-order valence-corrected chi connectivity index (χ4v) is 2.11. The molecule has 21 heavy (non-hydrogen) atoms. The highest BCUT2D eigenvalue weighted by atomic mass is 19.1. The fraction of sp³-hybridized carbons (Fsp3) is 0.333. The van der Waals surface area contributed by atoms with Crippen LogP contribution in [0.5, 0.6) is 0 Å². The summed E-state index contributed by atoms with van der Waals surface area (Å²) in [7, 11) is 3.10. The molecular formula is C15H18FN3O2. The maximum absolute atomic E-state index is 13.8. The Morgan fingerprint density at radius 2 is 2.19 bits per heavy atom. The fourth-order valence-electron chi connectivity index (χ4n) is 2.11. The van der Waals surface area contributed by atoms with E-state index in [1.165, 1.54) is 19.2 Å². The molecule has 0 spiro atoms. The normalized spacial score (nSPS) is 10.7. The molecule has 1 aromatic carbocycles. The number of hydrogen-bond acceptors (Lipinski definition) is 4. The maximum atomic E-state index is 13.8. The first-order valence-electron chi connectivity index (χ1n) is 6.58. The SMILES string of the molecule is COC(=O)c1ccc(CNCc2cn(C)nc2C)cc1F. The van der Waals surface area contributed by atoms with E-state index in [9.17, 15) is 9.18 Å². The average molecular weight is 291 g/mol. The molecule has 112 valence electrons. The van der Waals surface area contributed by atoms with Gasteiger partial charge in [-0.2, -0.15) is 5.10 Å². The molecule has 6 heteroatoms. The predicted molar refractivity (Wildman–Crippen MR) is 76.2 cm³/mol. The summed E-state index contributed by atoms with van der Waals surface area (Å²) in [6, 6.07) is 4.49. The van der Waals surface area contributed by atoms with Crippen LogP contribution >= 0.6 is 0 Å². The van der Waals surface area contributed by atoms with E-state index in [4.69, 9.17) is 0 Å². The van der Waals surface area contributed by atoms with E-state index >= 15 is 0 Å². The number of carbonyl (C=O) groups is 1. The molecule has 0 saturated carbocycles. The van der Waals surface area contributed by atoms with Gasteiger partial charge in [-0.25, -0.2) is 9.18 Å². The number of hydrogen-bond donors (Lipinski definition) is 1. The Morgan fingerprint density at radius 3 is 2.76 bits per heavy atom. The Kier molecular flexibility index (Phi) is 4.70. The van der Waals surface area contributed by atoms with Gasteiger partial charge in [-0.1, -0.05) is 6.07 Å². The monoisotopic (exact) mass is 291 g/mol. The minimum absolute atomic E-state index is 0.0515. The third-order valence-electron chi connectivity index (χ3n) is 3.20. The number of ether oxygens (including phenoxy) is 1. The first-order chi connectivity index (χ1) is 10.0. The van der Waals surface area contributed by atoms with Gasteiger partial charge >= 0.3 is 5.97 Å². The second-order valence-electron chi connectivity index (χ2n) is 4.82. The Morgan fingerprint density at radius 1 is 1.43 bits per heavy atom. The second-order valence-corrected chi connectivity index (χ2v) is 4.82. The van der Waals surface area contributed by atoms with Gasteiger partial charge in [-0.05, 0) is 24.6 Å². The number of carbonyl (C=O) groups excluding carboxylic acids is 1. The Balaban J connectivity index is 1.96. The number of aromatic nitrogens is 2. The van der Waals surface area contributed by atoms with Gasteiger partial charge in [0.25, 0.3) is 0 Å². The summed E-state index contributed by atoms with van der Waals surface area (Å²) >= 11 is 0. The summed E-state index contributed by atoms with van der Waals surface area (Å²) in [5.74, 6) is -1.24. The van der Waals surface area contributed by atoms with Crippen LogP contribution in [0, 0.1) is 12.7 Å². The molecule has 0 aliphatic carbocycles. The highest BCUT2D eigenvalue weighted by Gasteiger charge is 2.12. The minimum atomic E-state index is -0.669. The second kappa shape index (κ2) is 6.49. The van der Waals surface area contributed by atoms with E-state index in [1.54, 1.807) is 10.7 Å². The van der Waals surface area contributed by atoms with Crippen LogP contribution in [0.1, 0.15) is 27.2 Å². The van der Waals surface area contributed by atoms with Gasteiger partial charge in [0.15, 0.2) is 0 Å². The molecule has 1 heterocycles. The van der Waals surface area contributed by atoms with Crippen LogP contribution in [-0.4, -0.2) is 22.9 Å². The van der Waals surface area contributed by atoms with E-state index in [1.807, 2.05) is 20.2 Å². The zero-order valence-electron chi connectivity index (χ0n) is 12.3. The van der Waals surface area contributed by atoms with Crippen molar-refractivity contribution in [3.63, 3.8) is 0 Å². The summed E-state index contributed by atoms with van der Waals surface area (Å²) < 4.78 is 20.0. The van der Waals surface area contributed by atoms with Crippen LogP contribution in [0.3, 0.4) is 0 Å². The number of nitrogens with one attached hydrogen (secondary N) is 1. The molecule has 0 atom stereocenters. The van der Waals surface area contributed by atoms with Crippen LogP contribution < -0.4 is 5.32 Å². The third kappa shape index (κ3) is 3.66. The van der Waals surface area contributed by atoms with E-state index < -0.39 is 11.8 Å². The van der Waals surface area contributed by atoms with E-state index in [2.05, 4.69) is 15.2 Å². The van der Waals surface area contributed by atoms with Crippen LogP contribution in [0.25, 0.3) is 0 Å². The summed E-state index contributed by atoms with van der Waals surface area (Å²) in [5.41, 5.74) is 2.78. The van der Waals surface area contributed by atoms with Crippen molar-refractivity contribution >= 4 is 5.97 Å². The summed E-state index contributed by atoms with van der Waals surface area (Å²) in [6.45, 7) is 3.11. The van der Waals surface area contributed by atoms with Crippen molar-refractivity contribution in [3.8, 4) is 0 Å². The number of rotatable bonds is 5. The lowest BCUT2D eigenvalue weighted by atomic mass is 10.1. The molecule has 0 aliphatic rings. The highest BCUT2D eigenvalue weighted by molar-refractivity contribution is 5.89. The molecule has 5 nitrogen and oxygen atoms in total. The van der Waals surface area contributed by atoms with Crippen LogP contribution in [-0.2, 0) is 24.9 Å². The van der Waals surface area contributed by atoms with Crippen molar-refractivity contribution in [2.75, 3.05) is 7.11 Å². The van der Waals surface area contributed by atoms with Crippen LogP contribution in [0.15, 0.2) is 24.4 Å². The van der Waals surface area contributed by atoms with Crippen molar-refractivity contribution in [1.29, 1.82) is 0 Å². The highest BCUT2D eigenvalue weighted by Crippen LogP contribution is 2.12. The molecule has 1 aromatic heterocycles. The lowest BCUT2D eigenvalue weighted by Crippen LogP contribution is -2.14. The maximum Gasteiger partial charge on any atom is 0.340 e. The standard InChI is InChI=1S/C15H18FN3O2/c1-10-12(9-19(2)18-10)8-17-7-11-4-5-13(14(16)6-11)15(20)21-3/h4-6,9,17H,7-8H2,1-3H3. The molecule has 2 rings (SSSR count). The molecule has 0 fully saturated rings. The van der Waals surface area contributed by atoms with Crippen molar-refractivity contribution in [2.24, 2.45) is 7.05 Å². The van der Waals surface area contributed by atoms with E-state index in [0.717, 1.165) is 16.8 Å². The molecule has 0 aliphatic heterocycles. The number of halogens is 1. The van der Waals surface area contributed by atoms with Gasteiger partial charge in [0.1, 0.15) is 5.82 Å². The van der Waals surface area contributed by atoms with Crippen molar-refractivity contribution < 1.29 is 13.9 Å². The van der Waals surface area contributed by atoms with Gasteiger partial charge in [0.2, 0.25) is 0 Å². The van der Waals surface area contributed by atoms with Gasteiger partial charge < -0.3 is 10.1 Å². The summed E-state index contributed by atoms with van der Waals surface area (Å²) in [5, 5.41) is 7.48. The number of methoxy groups -OCH3 is 1. The van der Waals surface area contributed by atoms with Gasteiger partial charge in [0.05, 0.1) is 18.4 Å². The van der Waals surface area contributed by atoms with Gasteiger partial charge in [-0.15, -0.1) is 0 Å². The molecule has 1 N–H and O–H groups in total. The first-order valence-corrected chi connectivity index (χ1v) is 6.58. The minimum Gasteiger partial charge on any atom is -0.465 e.